The fourth-order valence-electron chi connectivity index (χ4n) is 2.90. The van der Waals surface area contributed by atoms with Crippen LogP contribution in [0, 0.1) is 5.82 Å². The van der Waals surface area contributed by atoms with Gasteiger partial charge in [-0.3, -0.25) is 18.9 Å². The Morgan fingerprint density at radius 3 is 2.65 bits per heavy atom. The highest BCUT2D eigenvalue weighted by molar-refractivity contribution is 7.92. The maximum atomic E-state index is 13.3. The smallest absolute Gasteiger partial charge is 0.274 e. The molecule has 0 aliphatic heterocycles. The number of nitrogens with zero attached hydrogens (tertiary/aromatic N) is 5. The molecule has 31 heavy (non-hydrogen) atoms. The molecule has 0 spiro atoms. The average molecular weight is 464 g/mol. The Bertz CT molecular complexity index is 1430. The standard InChI is InChI=1S/C18H15ClFN7O3S/c1-26-9-11(8-21-26)31(29,30)25-15-6-4-12-16(27(2)24-17(12)23-15)18(28)22-10-3-5-14(20)13(19)7-10/h3-9H,1-2H3,(H,22,28)(H,23,24,25). The summed E-state index contributed by atoms with van der Waals surface area (Å²) in [6.45, 7) is 0. The first-order valence-electron chi connectivity index (χ1n) is 8.75. The summed E-state index contributed by atoms with van der Waals surface area (Å²) in [5.41, 5.74) is 0.653. The molecule has 3 heterocycles. The number of nitrogens with one attached hydrogen (secondary N) is 2. The second kappa shape index (κ2) is 7.63. The van der Waals surface area contributed by atoms with Gasteiger partial charge < -0.3 is 5.32 Å². The van der Waals surface area contributed by atoms with Crippen LogP contribution in [0.15, 0.2) is 47.6 Å². The van der Waals surface area contributed by atoms with E-state index in [1.165, 1.54) is 46.0 Å². The fourth-order valence-corrected chi connectivity index (χ4v) is 4.06. The van der Waals surface area contributed by atoms with Gasteiger partial charge in [0.2, 0.25) is 0 Å². The molecule has 3 aromatic heterocycles. The first kappa shape index (κ1) is 20.8. The molecular weight excluding hydrogens is 449 g/mol. The molecule has 1 aromatic carbocycles. The Kier molecular flexibility index (Phi) is 5.11. The number of fused-ring (bicyclic) bond motifs is 1. The van der Waals surface area contributed by atoms with E-state index in [1.54, 1.807) is 14.1 Å². The van der Waals surface area contributed by atoms with E-state index < -0.39 is 21.7 Å². The van der Waals surface area contributed by atoms with Crippen molar-refractivity contribution in [1.29, 1.82) is 0 Å². The SMILES string of the molecule is Cn1cc(S(=O)(=O)Nc2ccc3c(C(=O)Nc4ccc(F)c(Cl)c4)n(C)nc3n2)cn1. The molecule has 0 radical (unpaired) electrons. The second-order valence-electron chi connectivity index (χ2n) is 6.58. The molecule has 160 valence electrons. The summed E-state index contributed by atoms with van der Waals surface area (Å²) >= 11 is 5.75. The summed E-state index contributed by atoms with van der Waals surface area (Å²) in [6, 6.07) is 6.76. The number of sulfonamides is 1. The highest BCUT2D eigenvalue weighted by atomic mass is 35.5. The van der Waals surface area contributed by atoms with Crippen molar-refractivity contribution in [3.05, 3.63) is 59.3 Å². The van der Waals surface area contributed by atoms with Crippen molar-refractivity contribution >= 4 is 50.1 Å². The van der Waals surface area contributed by atoms with E-state index in [0.717, 1.165) is 6.07 Å². The highest BCUT2D eigenvalue weighted by Crippen LogP contribution is 2.23. The molecule has 0 fully saturated rings. The van der Waals surface area contributed by atoms with Crippen LogP contribution < -0.4 is 10.0 Å². The van der Waals surface area contributed by atoms with Crippen LogP contribution in [0.25, 0.3) is 11.0 Å². The van der Waals surface area contributed by atoms with E-state index >= 15 is 0 Å². The number of anilines is 2. The Hall–Kier alpha value is -3.51. The molecule has 4 rings (SSSR count). The van der Waals surface area contributed by atoms with Crippen molar-refractivity contribution in [2.45, 2.75) is 4.90 Å². The van der Waals surface area contributed by atoms with Crippen LogP contribution in [0.4, 0.5) is 15.9 Å². The summed E-state index contributed by atoms with van der Waals surface area (Å²) in [4.78, 5) is 16.9. The molecule has 1 amide bonds. The molecule has 0 unspecified atom stereocenters. The zero-order valence-corrected chi connectivity index (χ0v) is 17.7. The number of halogens is 2. The number of carbonyl (C=O) groups is 1. The third kappa shape index (κ3) is 4.07. The number of rotatable bonds is 5. The molecule has 0 atom stereocenters. The van der Waals surface area contributed by atoms with E-state index in [9.17, 15) is 17.6 Å². The number of aryl methyl sites for hydroxylation is 2. The van der Waals surface area contributed by atoms with E-state index in [2.05, 4.69) is 25.2 Å². The molecule has 0 aliphatic carbocycles. The summed E-state index contributed by atoms with van der Waals surface area (Å²) in [5.74, 6) is -1.08. The van der Waals surface area contributed by atoms with Crippen molar-refractivity contribution < 1.29 is 17.6 Å². The van der Waals surface area contributed by atoms with E-state index in [4.69, 9.17) is 11.6 Å². The van der Waals surface area contributed by atoms with Crippen molar-refractivity contribution in [2.75, 3.05) is 10.0 Å². The minimum Gasteiger partial charge on any atom is -0.321 e. The monoisotopic (exact) mass is 463 g/mol. The molecule has 0 bridgehead atoms. The van der Waals surface area contributed by atoms with Gasteiger partial charge in [0, 0.05) is 26.0 Å². The first-order valence-corrected chi connectivity index (χ1v) is 10.6. The minimum absolute atomic E-state index is 0.0176. The van der Waals surface area contributed by atoms with Crippen LogP contribution in [0.1, 0.15) is 10.5 Å². The van der Waals surface area contributed by atoms with Gasteiger partial charge in [-0.1, -0.05) is 11.6 Å². The fraction of sp³-hybridized carbons (Fsp3) is 0.111. The lowest BCUT2D eigenvalue weighted by molar-refractivity contribution is 0.101. The highest BCUT2D eigenvalue weighted by Gasteiger charge is 2.21. The molecule has 4 aromatic rings. The lowest BCUT2D eigenvalue weighted by Crippen LogP contribution is -2.16. The normalized spacial score (nSPS) is 11.6. The van der Waals surface area contributed by atoms with Crippen molar-refractivity contribution in [3.8, 4) is 0 Å². The number of amides is 1. The van der Waals surface area contributed by atoms with Gasteiger partial charge >= 0.3 is 0 Å². The topological polar surface area (TPSA) is 124 Å². The number of carbonyl (C=O) groups excluding carboxylic acids is 1. The average Bonchev–Trinajstić information content (AvgIpc) is 3.27. The van der Waals surface area contributed by atoms with Crippen molar-refractivity contribution in [2.24, 2.45) is 14.1 Å². The quantitative estimate of drug-likeness (QED) is 0.468. The Balaban J connectivity index is 1.62. The summed E-state index contributed by atoms with van der Waals surface area (Å²) < 4.78 is 43.3. The lowest BCUT2D eigenvalue weighted by Gasteiger charge is -2.07. The zero-order chi connectivity index (χ0) is 22.3. The van der Waals surface area contributed by atoms with Crippen LogP contribution in [0.5, 0.6) is 0 Å². The molecule has 13 heteroatoms. The number of benzene rings is 1. The summed E-state index contributed by atoms with van der Waals surface area (Å²) in [7, 11) is -0.732. The van der Waals surface area contributed by atoms with Crippen molar-refractivity contribution in [1.82, 2.24) is 24.5 Å². The van der Waals surface area contributed by atoms with E-state index in [0.29, 0.717) is 11.1 Å². The van der Waals surface area contributed by atoms with Gasteiger partial charge in [0.25, 0.3) is 15.9 Å². The predicted molar refractivity (Wildman–Crippen MR) is 112 cm³/mol. The van der Waals surface area contributed by atoms with Gasteiger partial charge in [0.05, 0.1) is 16.6 Å². The van der Waals surface area contributed by atoms with Crippen LogP contribution in [0.2, 0.25) is 5.02 Å². The first-order chi connectivity index (χ1) is 14.6. The van der Waals surface area contributed by atoms with Gasteiger partial charge in [-0.2, -0.15) is 10.2 Å². The van der Waals surface area contributed by atoms with E-state index in [-0.39, 0.29) is 27.1 Å². The molecule has 0 saturated carbocycles. The van der Waals surface area contributed by atoms with Crippen LogP contribution in [-0.2, 0) is 24.1 Å². The van der Waals surface area contributed by atoms with Gasteiger partial charge in [-0.25, -0.2) is 17.8 Å². The van der Waals surface area contributed by atoms with Crippen LogP contribution in [0.3, 0.4) is 0 Å². The second-order valence-corrected chi connectivity index (χ2v) is 8.67. The van der Waals surface area contributed by atoms with Crippen LogP contribution >= 0.6 is 11.6 Å². The molecule has 0 aliphatic rings. The third-order valence-corrected chi connectivity index (χ3v) is 5.92. The van der Waals surface area contributed by atoms with Gasteiger partial charge in [0.15, 0.2) is 5.65 Å². The molecule has 2 N–H and O–H groups in total. The third-order valence-electron chi connectivity index (χ3n) is 4.32. The van der Waals surface area contributed by atoms with E-state index in [1.807, 2.05) is 0 Å². The summed E-state index contributed by atoms with van der Waals surface area (Å²) in [5, 5.41) is 10.9. The molecular formula is C18H15ClFN7O3S. The number of hydrogen-bond acceptors (Lipinski definition) is 6. The summed E-state index contributed by atoms with van der Waals surface area (Å²) in [6.07, 6.45) is 2.57. The number of pyridine rings is 1. The molecule has 10 nitrogen and oxygen atoms in total. The maximum absolute atomic E-state index is 13.3. The van der Waals surface area contributed by atoms with Crippen LogP contribution in [-0.4, -0.2) is 38.9 Å². The predicted octanol–water partition coefficient (Wildman–Crippen LogP) is 2.55. The Morgan fingerprint density at radius 2 is 1.97 bits per heavy atom. The Labute approximate surface area is 180 Å². The molecule has 0 saturated heterocycles. The minimum atomic E-state index is -3.88. The number of aromatic nitrogens is 5. The number of hydrogen-bond donors (Lipinski definition) is 2. The Morgan fingerprint density at radius 1 is 1.19 bits per heavy atom. The maximum Gasteiger partial charge on any atom is 0.274 e. The largest absolute Gasteiger partial charge is 0.321 e. The zero-order valence-electron chi connectivity index (χ0n) is 16.2. The van der Waals surface area contributed by atoms with Gasteiger partial charge in [-0.05, 0) is 30.3 Å². The van der Waals surface area contributed by atoms with Gasteiger partial charge in [0.1, 0.15) is 22.2 Å². The van der Waals surface area contributed by atoms with Gasteiger partial charge in [-0.15, -0.1) is 0 Å². The lowest BCUT2D eigenvalue weighted by atomic mass is 10.2. The van der Waals surface area contributed by atoms with Crippen molar-refractivity contribution in [3.63, 3.8) is 0 Å².